The summed E-state index contributed by atoms with van der Waals surface area (Å²) >= 11 is 0. The molecule has 1 aliphatic rings. The minimum absolute atomic E-state index is 0.0551. The molecule has 88 valence electrons. The number of nitrogens with one attached hydrogen (secondary N) is 1. The van der Waals surface area contributed by atoms with Crippen LogP contribution >= 0.6 is 0 Å². The van der Waals surface area contributed by atoms with Gasteiger partial charge in [0.05, 0.1) is 0 Å². The first-order valence-corrected chi connectivity index (χ1v) is 5.89. The van der Waals surface area contributed by atoms with Gasteiger partial charge in [0.1, 0.15) is 5.82 Å². The van der Waals surface area contributed by atoms with E-state index in [-0.39, 0.29) is 5.82 Å². The first kappa shape index (κ1) is 11.4. The zero-order chi connectivity index (χ0) is 11.5. The standard InChI is InChI=1S/C13H19FN2/c1-15-8-4-5-10-9-11-12(14)6-3-7-13(11)16(10)2/h3,6-7,10,15H,4-5,8-9H2,1-2H3. The number of hydrogen-bond donors (Lipinski definition) is 1. The Morgan fingerprint density at radius 3 is 3.00 bits per heavy atom. The van der Waals surface area contributed by atoms with Crippen LogP contribution in [-0.4, -0.2) is 26.7 Å². The van der Waals surface area contributed by atoms with Gasteiger partial charge in [-0.15, -0.1) is 0 Å². The average Bonchev–Trinajstić information content (AvgIpc) is 2.59. The summed E-state index contributed by atoms with van der Waals surface area (Å²) in [6.07, 6.45) is 3.11. The van der Waals surface area contributed by atoms with Crippen molar-refractivity contribution in [2.75, 3.05) is 25.5 Å². The smallest absolute Gasteiger partial charge is 0.128 e. The molecule has 0 saturated carbocycles. The SMILES string of the molecule is CNCCCC1Cc2c(F)cccc2N1C. The minimum atomic E-state index is -0.0551. The molecule has 0 aliphatic carbocycles. The molecule has 0 aromatic heterocycles. The number of hydrogen-bond acceptors (Lipinski definition) is 2. The average molecular weight is 222 g/mol. The van der Waals surface area contributed by atoms with E-state index in [9.17, 15) is 4.39 Å². The highest BCUT2D eigenvalue weighted by atomic mass is 19.1. The molecule has 16 heavy (non-hydrogen) atoms. The molecule has 1 heterocycles. The lowest BCUT2D eigenvalue weighted by atomic mass is 10.1. The van der Waals surface area contributed by atoms with Crippen LogP contribution in [0.15, 0.2) is 18.2 Å². The fourth-order valence-corrected chi connectivity index (χ4v) is 2.46. The Morgan fingerprint density at radius 1 is 1.50 bits per heavy atom. The molecule has 0 fully saturated rings. The molecule has 1 aliphatic heterocycles. The lowest BCUT2D eigenvalue weighted by molar-refractivity contribution is 0.554. The fourth-order valence-electron chi connectivity index (χ4n) is 2.46. The molecule has 0 saturated heterocycles. The Hall–Kier alpha value is -1.09. The predicted molar refractivity (Wildman–Crippen MR) is 65.5 cm³/mol. The highest BCUT2D eigenvalue weighted by Gasteiger charge is 2.27. The summed E-state index contributed by atoms with van der Waals surface area (Å²) in [6.45, 7) is 1.03. The van der Waals surface area contributed by atoms with Gasteiger partial charge in [-0.3, -0.25) is 0 Å². The van der Waals surface area contributed by atoms with Gasteiger partial charge in [-0.05, 0) is 45.0 Å². The molecule has 0 spiro atoms. The van der Waals surface area contributed by atoms with Crippen LogP contribution in [0.2, 0.25) is 0 Å². The molecule has 1 unspecified atom stereocenters. The summed E-state index contributed by atoms with van der Waals surface area (Å²) in [7, 11) is 4.03. The Labute approximate surface area is 96.5 Å². The lowest BCUT2D eigenvalue weighted by Gasteiger charge is -2.22. The molecule has 0 bridgehead atoms. The Kier molecular flexibility index (Phi) is 3.44. The highest BCUT2D eigenvalue weighted by Crippen LogP contribution is 2.33. The number of fused-ring (bicyclic) bond motifs is 1. The number of likely N-dealkylation sites (N-methyl/N-ethyl adjacent to an activating group) is 1. The van der Waals surface area contributed by atoms with Gasteiger partial charge in [-0.1, -0.05) is 6.07 Å². The van der Waals surface area contributed by atoms with E-state index in [1.807, 2.05) is 13.1 Å². The monoisotopic (exact) mass is 222 g/mol. The van der Waals surface area contributed by atoms with E-state index >= 15 is 0 Å². The van der Waals surface area contributed by atoms with Crippen molar-refractivity contribution in [2.24, 2.45) is 0 Å². The van der Waals surface area contributed by atoms with Crippen LogP contribution < -0.4 is 10.2 Å². The molecule has 3 heteroatoms. The minimum Gasteiger partial charge on any atom is -0.371 e. The molecule has 0 radical (unpaired) electrons. The number of anilines is 1. The van der Waals surface area contributed by atoms with Crippen LogP contribution in [0.3, 0.4) is 0 Å². The Bertz CT molecular complexity index is 365. The van der Waals surface area contributed by atoms with Crippen LogP contribution in [0.1, 0.15) is 18.4 Å². The predicted octanol–water partition coefficient (Wildman–Crippen LogP) is 2.19. The van der Waals surface area contributed by atoms with E-state index < -0.39 is 0 Å². The molecular weight excluding hydrogens is 203 g/mol. The van der Waals surface area contributed by atoms with Gasteiger partial charge in [0, 0.05) is 24.3 Å². The van der Waals surface area contributed by atoms with Gasteiger partial charge in [-0.2, -0.15) is 0 Å². The quantitative estimate of drug-likeness (QED) is 0.786. The van der Waals surface area contributed by atoms with Gasteiger partial charge < -0.3 is 10.2 Å². The first-order valence-electron chi connectivity index (χ1n) is 5.89. The third-order valence-electron chi connectivity index (χ3n) is 3.43. The number of nitrogens with zero attached hydrogens (tertiary/aromatic N) is 1. The van der Waals surface area contributed by atoms with Crippen molar-refractivity contribution in [3.05, 3.63) is 29.6 Å². The zero-order valence-electron chi connectivity index (χ0n) is 9.96. The maximum absolute atomic E-state index is 13.6. The zero-order valence-corrected chi connectivity index (χ0v) is 9.96. The molecule has 1 N–H and O–H groups in total. The molecule has 1 atom stereocenters. The van der Waals surface area contributed by atoms with Crippen molar-refractivity contribution < 1.29 is 4.39 Å². The fraction of sp³-hybridized carbons (Fsp3) is 0.538. The van der Waals surface area contributed by atoms with E-state index in [1.54, 1.807) is 12.1 Å². The second-order valence-corrected chi connectivity index (χ2v) is 4.45. The summed E-state index contributed by atoms with van der Waals surface area (Å²) in [5, 5.41) is 3.15. The summed E-state index contributed by atoms with van der Waals surface area (Å²) in [4.78, 5) is 2.22. The van der Waals surface area contributed by atoms with Crippen LogP contribution in [0, 0.1) is 5.82 Å². The molecule has 2 rings (SSSR count). The Morgan fingerprint density at radius 2 is 2.31 bits per heavy atom. The summed E-state index contributed by atoms with van der Waals surface area (Å²) in [5.74, 6) is -0.0551. The van der Waals surface area contributed by atoms with Crippen molar-refractivity contribution in [2.45, 2.75) is 25.3 Å². The van der Waals surface area contributed by atoms with Crippen LogP contribution in [0.25, 0.3) is 0 Å². The second kappa shape index (κ2) is 4.83. The normalized spacial score (nSPS) is 18.9. The topological polar surface area (TPSA) is 15.3 Å². The summed E-state index contributed by atoms with van der Waals surface area (Å²) in [6, 6.07) is 5.82. The van der Waals surface area contributed by atoms with Crippen molar-refractivity contribution in [3.63, 3.8) is 0 Å². The van der Waals surface area contributed by atoms with Gasteiger partial charge in [0.2, 0.25) is 0 Å². The maximum atomic E-state index is 13.6. The molecule has 1 aromatic rings. The Balaban J connectivity index is 2.06. The number of rotatable bonds is 4. The third-order valence-corrected chi connectivity index (χ3v) is 3.43. The van der Waals surface area contributed by atoms with Crippen molar-refractivity contribution in [1.29, 1.82) is 0 Å². The largest absolute Gasteiger partial charge is 0.371 e. The van der Waals surface area contributed by atoms with E-state index in [0.717, 1.165) is 37.1 Å². The maximum Gasteiger partial charge on any atom is 0.128 e. The number of halogens is 1. The van der Waals surface area contributed by atoms with Gasteiger partial charge in [0.15, 0.2) is 0 Å². The van der Waals surface area contributed by atoms with Gasteiger partial charge in [0.25, 0.3) is 0 Å². The molecule has 0 amide bonds. The van der Waals surface area contributed by atoms with Crippen LogP contribution in [-0.2, 0) is 6.42 Å². The lowest BCUT2D eigenvalue weighted by Crippen LogP contribution is -2.28. The molecule has 1 aromatic carbocycles. The summed E-state index contributed by atoms with van der Waals surface area (Å²) < 4.78 is 13.6. The first-order chi connectivity index (χ1) is 7.74. The van der Waals surface area contributed by atoms with Crippen molar-refractivity contribution in [3.8, 4) is 0 Å². The van der Waals surface area contributed by atoms with Gasteiger partial charge in [-0.25, -0.2) is 4.39 Å². The van der Waals surface area contributed by atoms with E-state index in [4.69, 9.17) is 0 Å². The van der Waals surface area contributed by atoms with E-state index in [2.05, 4.69) is 17.3 Å². The van der Waals surface area contributed by atoms with Crippen molar-refractivity contribution in [1.82, 2.24) is 5.32 Å². The molecule has 2 nitrogen and oxygen atoms in total. The van der Waals surface area contributed by atoms with E-state index in [1.165, 1.54) is 0 Å². The third kappa shape index (κ3) is 2.05. The second-order valence-electron chi connectivity index (χ2n) is 4.45. The van der Waals surface area contributed by atoms with Crippen molar-refractivity contribution >= 4 is 5.69 Å². The van der Waals surface area contributed by atoms with Gasteiger partial charge >= 0.3 is 0 Å². The molecular formula is C13H19FN2. The van der Waals surface area contributed by atoms with Crippen LogP contribution in [0.4, 0.5) is 10.1 Å². The van der Waals surface area contributed by atoms with E-state index in [0.29, 0.717) is 6.04 Å². The summed E-state index contributed by atoms with van der Waals surface area (Å²) in [5.41, 5.74) is 1.95. The van der Waals surface area contributed by atoms with Crippen LogP contribution in [0.5, 0.6) is 0 Å². The highest BCUT2D eigenvalue weighted by molar-refractivity contribution is 5.59. The number of benzene rings is 1.